The number of aliphatic imine (C=N–C) groups is 1. The van der Waals surface area contributed by atoms with Crippen molar-refractivity contribution in [3.63, 3.8) is 0 Å². The van der Waals surface area contributed by atoms with Crippen molar-refractivity contribution in [1.29, 1.82) is 0 Å². The molecule has 28 heavy (non-hydrogen) atoms. The molecule has 142 valence electrons. The summed E-state index contributed by atoms with van der Waals surface area (Å²) < 4.78 is 1.36. The molecule has 8 heteroatoms. The molecule has 0 aliphatic carbocycles. The van der Waals surface area contributed by atoms with Gasteiger partial charge in [-0.15, -0.1) is 0 Å². The maximum absolute atomic E-state index is 12.4. The highest BCUT2D eigenvalue weighted by Gasteiger charge is 2.11. The Bertz CT molecular complexity index is 1090. The van der Waals surface area contributed by atoms with E-state index in [0.717, 1.165) is 4.47 Å². The minimum Gasteiger partial charge on any atom is -0.506 e. The maximum Gasteiger partial charge on any atom is 0.257 e. The van der Waals surface area contributed by atoms with Crippen molar-refractivity contribution in [1.82, 2.24) is 0 Å². The Hall–Kier alpha value is -1.86. The number of anilines is 1. The van der Waals surface area contributed by atoms with E-state index in [9.17, 15) is 9.90 Å². The number of benzene rings is 3. The quantitative estimate of drug-likeness (QED) is 0.342. The molecule has 0 aromatic heterocycles. The van der Waals surface area contributed by atoms with Gasteiger partial charge in [0.15, 0.2) is 0 Å². The van der Waals surface area contributed by atoms with Crippen LogP contribution in [0.1, 0.15) is 15.9 Å². The first-order valence-electron chi connectivity index (χ1n) is 7.92. The molecule has 0 bridgehead atoms. The van der Waals surface area contributed by atoms with Gasteiger partial charge in [-0.05, 0) is 64.5 Å². The van der Waals surface area contributed by atoms with Crippen LogP contribution in [0, 0.1) is 0 Å². The highest BCUT2D eigenvalue weighted by molar-refractivity contribution is 9.11. The number of carbonyl (C=O) groups excluding carboxylic acids is 1. The molecule has 0 atom stereocenters. The summed E-state index contributed by atoms with van der Waals surface area (Å²) >= 11 is 18.6. The standard InChI is InChI=1S/C20H12Br2Cl2N2O2/c21-12-6-11(19(27)17(22)7-12)10-25-14-2-1-3-15(9-14)26-20(28)16-5-4-13(23)8-18(16)24/h1-10,27H,(H,26,28). The lowest BCUT2D eigenvalue weighted by Crippen LogP contribution is -2.12. The number of amides is 1. The third kappa shape index (κ3) is 5.14. The van der Waals surface area contributed by atoms with Crippen molar-refractivity contribution in [2.45, 2.75) is 0 Å². The molecule has 0 radical (unpaired) electrons. The van der Waals surface area contributed by atoms with Crippen LogP contribution in [0.4, 0.5) is 11.4 Å². The zero-order valence-corrected chi connectivity index (χ0v) is 18.8. The van der Waals surface area contributed by atoms with Crippen LogP contribution in [0.25, 0.3) is 0 Å². The molecular weight excluding hydrogens is 531 g/mol. The highest BCUT2D eigenvalue weighted by Crippen LogP contribution is 2.31. The lowest BCUT2D eigenvalue weighted by molar-refractivity contribution is 0.102. The van der Waals surface area contributed by atoms with E-state index < -0.39 is 0 Å². The van der Waals surface area contributed by atoms with Crippen LogP contribution in [0.15, 0.2) is 68.5 Å². The van der Waals surface area contributed by atoms with Crippen molar-refractivity contribution in [3.8, 4) is 5.75 Å². The highest BCUT2D eigenvalue weighted by atomic mass is 79.9. The van der Waals surface area contributed by atoms with Crippen LogP contribution in [0.5, 0.6) is 5.75 Å². The number of nitrogens with zero attached hydrogens (tertiary/aromatic N) is 1. The molecule has 0 unspecified atom stereocenters. The zero-order valence-electron chi connectivity index (χ0n) is 14.1. The summed E-state index contributed by atoms with van der Waals surface area (Å²) in [4.78, 5) is 16.8. The second-order valence-corrected chi connectivity index (χ2v) is 8.33. The Morgan fingerprint density at radius 2 is 1.86 bits per heavy atom. The summed E-state index contributed by atoms with van der Waals surface area (Å²) in [7, 11) is 0. The summed E-state index contributed by atoms with van der Waals surface area (Å²) in [5.74, 6) is -0.259. The molecular formula is C20H12Br2Cl2N2O2. The van der Waals surface area contributed by atoms with Crippen molar-refractivity contribution in [3.05, 3.63) is 84.7 Å². The Balaban J connectivity index is 1.80. The van der Waals surface area contributed by atoms with Gasteiger partial charge in [0, 0.05) is 27.0 Å². The summed E-state index contributed by atoms with van der Waals surface area (Å²) in [6, 6.07) is 15.2. The fraction of sp³-hybridized carbons (Fsp3) is 0. The first kappa shape index (κ1) is 20.9. The summed E-state index contributed by atoms with van der Waals surface area (Å²) in [5.41, 5.74) is 2.04. The number of aromatic hydroxyl groups is 1. The molecule has 4 nitrogen and oxygen atoms in total. The minimum atomic E-state index is -0.351. The SMILES string of the molecule is O=C(Nc1cccc(N=Cc2cc(Br)cc(Br)c2O)c1)c1ccc(Cl)cc1Cl. The zero-order chi connectivity index (χ0) is 20.3. The average molecular weight is 543 g/mol. The molecule has 3 aromatic carbocycles. The van der Waals surface area contributed by atoms with Crippen LogP contribution in [0.2, 0.25) is 10.0 Å². The van der Waals surface area contributed by atoms with E-state index in [1.54, 1.807) is 54.7 Å². The molecule has 1 amide bonds. The number of hydrogen-bond acceptors (Lipinski definition) is 3. The van der Waals surface area contributed by atoms with Crippen LogP contribution in [0.3, 0.4) is 0 Å². The third-order valence-corrected chi connectivity index (χ3v) is 5.30. The van der Waals surface area contributed by atoms with Gasteiger partial charge >= 0.3 is 0 Å². The van der Waals surface area contributed by atoms with Gasteiger partial charge in [-0.3, -0.25) is 9.79 Å². The fourth-order valence-corrected chi connectivity index (χ4v) is 4.12. The predicted molar refractivity (Wildman–Crippen MR) is 122 cm³/mol. The van der Waals surface area contributed by atoms with Gasteiger partial charge in [-0.1, -0.05) is 45.2 Å². The van der Waals surface area contributed by atoms with Gasteiger partial charge in [-0.2, -0.15) is 0 Å². The predicted octanol–water partition coefficient (Wildman–Crippen LogP) is 7.23. The third-order valence-electron chi connectivity index (χ3n) is 3.69. The van der Waals surface area contributed by atoms with E-state index in [4.69, 9.17) is 23.2 Å². The molecule has 3 rings (SSSR count). The van der Waals surface area contributed by atoms with Gasteiger partial charge in [0.1, 0.15) is 5.75 Å². The summed E-state index contributed by atoms with van der Waals surface area (Å²) in [5, 5.41) is 13.6. The number of halogens is 4. The number of hydrogen-bond donors (Lipinski definition) is 2. The first-order chi connectivity index (χ1) is 13.3. The number of carbonyl (C=O) groups is 1. The first-order valence-corrected chi connectivity index (χ1v) is 10.3. The van der Waals surface area contributed by atoms with Crippen molar-refractivity contribution in [2.24, 2.45) is 4.99 Å². The second-order valence-electron chi connectivity index (χ2n) is 5.71. The monoisotopic (exact) mass is 540 g/mol. The smallest absolute Gasteiger partial charge is 0.257 e. The molecule has 0 heterocycles. The second kappa shape index (κ2) is 9.09. The number of phenols is 1. The molecule has 3 aromatic rings. The Morgan fingerprint density at radius 1 is 1.07 bits per heavy atom. The summed E-state index contributed by atoms with van der Waals surface area (Å²) in [6.07, 6.45) is 1.54. The van der Waals surface area contributed by atoms with Crippen LogP contribution < -0.4 is 5.32 Å². The van der Waals surface area contributed by atoms with Crippen LogP contribution in [-0.4, -0.2) is 17.2 Å². The van der Waals surface area contributed by atoms with E-state index in [2.05, 4.69) is 42.2 Å². The molecule has 0 saturated carbocycles. The van der Waals surface area contributed by atoms with E-state index in [-0.39, 0.29) is 16.7 Å². The van der Waals surface area contributed by atoms with Crippen LogP contribution in [-0.2, 0) is 0 Å². The van der Waals surface area contributed by atoms with Crippen molar-refractivity contribution >= 4 is 78.6 Å². The molecule has 0 aliphatic heterocycles. The lowest BCUT2D eigenvalue weighted by atomic mass is 10.2. The summed E-state index contributed by atoms with van der Waals surface area (Å²) in [6.45, 7) is 0. The van der Waals surface area contributed by atoms with Crippen molar-refractivity contribution in [2.75, 3.05) is 5.32 Å². The largest absolute Gasteiger partial charge is 0.506 e. The Morgan fingerprint density at radius 3 is 2.61 bits per heavy atom. The van der Waals surface area contributed by atoms with Gasteiger partial charge in [0.2, 0.25) is 0 Å². The van der Waals surface area contributed by atoms with Gasteiger partial charge in [0.05, 0.1) is 20.7 Å². The minimum absolute atomic E-state index is 0.0915. The van der Waals surface area contributed by atoms with Gasteiger partial charge in [0.25, 0.3) is 5.91 Å². The van der Waals surface area contributed by atoms with Crippen molar-refractivity contribution < 1.29 is 9.90 Å². The van der Waals surface area contributed by atoms with E-state index in [0.29, 0.717) is 32.0 Å². The number of nitrogens with one attached hydrogen (secondary N) is 1. The Kier molecular flexibility index (Phi) is 6.78. The van der Waals surface area contributed by atoms with E-state index in [1.807, 2.05) is 0 Å². The number of phenolic OH excluding ortho intramolecular Hbond substituents is 1. The van der Waals surface area contributed by atoms with E-state index in [1.165, 1.54) is 6.07 Å². The van der Waals surface area contributed by atoms with Crippen LogP contribution >= 0.6 is 55.1 Å². The fourth-order valence-electron chi connectivity index (χ4n) is 2.36. The molecule has 0 spiro atoms. The molecule has 0 aliphatic rings. The topological polar surface area (TPSA) is 61.7 Å². The number of rotatable bonds is 4. The molecule has 0 saturated heterocycles. The molecule has 2 N–H and O–H groups in total. The lowest BCUT2D eigenvalue weighted by Gasteiger charge is -2.08. The van der Waals surface area contributed by atoms with E-state index >= 15 is 0 Å². The molecule has 0 fully saturated rings. The maximum atomic E-state index is 12.4. The Labute approximate surface area is 188 Å². The van der Waals surface area contributed by atoms with Gasteiger partial charge in [-0.25, -0.2) is 0 Å². The van der Waals surface area contributed by atoms with Gasteiger partial charge < -0.3 is 10.4 Å². The normalized spacial score (nSPS) is 11.0. The average Bonchev–Trinajstić information content (AvgIpc) is 2.63.